The van der Waals surface area contributed by atoms with E-state index >= 15 is 0 Å². The lowest BCUT2D eigenvalue weighted by Crippen LogP contribution is -1.97. The highest BCUT2D eigenvalue weighted by Crippen LogP contribution is 1.99. The Bertz CT molecular complexity index is 705. The summed E-state index contributed by atoms with van der Waals surface area (Å²) in [6.07, 6.45) is 7.65. The van der Waals surface area contributed by atoms with Crippen molar-refractivity contribution in [2.75, 3.05) is 14.1 Å². The van der Waals surface area contributed by atoms with Crippen molar-refractivity contribution in [3.63, 3.8) is 0 Å². The highest BCUT2D eigenvalue weighted by Gasteiger charge is 2.02. The van der Waals surface area contributed by atoms with Crippen molar-refractivity contribution in [1.82, 2.24) is 0 Å². The summed E-state index contributed by atoms with van der Waals surface area (Å²) in [5.41, 5.74) is 0.561. The van der Waals surface area contributed by atoms with Crippen LogP contribution in [0.5, 0.6) is 0 Å². The van der Waals surface area contributed by atoms with Gasteiger partial charge < -0.3 is 0 Å². The van der Waals surface area contributed by atoms with Crippen LogP contribution in [0.3, 0.4) is 0 Å². The molecule has 0 fully saturated rings. The van der Waals surface area contributed by atoms with Crippen molar-refractivity contribution < 1.29 is 0 Å². The van der Waals surface area contributed by atoms with E-state index in [1.54, 1.807) is 18.2 Å². The highest BCUT2D eigenvalue weighted by molar-refractivity contribution is 6.17. The Morgan fingerprint density at radius 1 is 0.905 bits per heavy atom. The van der Waals surface area contributed by atoms with Gasteiger partial charge in [0.15, 0.2) is 11.4 Å². The van der Waals surface area contributed by atoms with Gasteiger partial charge >= 0.3 is 0 Å². The van der Waals surface area contributed by atoms with Crippen LogP contribution in [-0.4, -0.2) is 31.4 Å². The maximum absolute atomic E-state index is 8.89. The molecule has 0 aliphatic rings. The van der Waals surface area contributed by atoms with Crippen LogP contribution in [0.25, 0.3) is 0 Å². The van der Waals surface area contributed by atoms with Gasteiger partial charge in [-0.15, -0.1) is 0 Å². The van der Waals surface area contributed by atoms with Crippen LogP contribution in [0.15, 0.2) is 51.5 Å². The molecule has 0 unspecified atom stereocenters. The summed E-state index contributed by atoms with van der Waals surface area (Å²) in [6.45, 7) is 0. The molecule has 102 valence electrons. The van der Waals surface area contributed by atoms with Gasteiger partial charge in [-0.2, -0.15) is 15.8 Å². The largest absolute Gasteiger partial charge is 0.277 e. The lowest BCUT2D eigenvalue weighted by molar-refractivity contribution is 1.42. The first kappa shape index (κ1) is 17.5. The standard InChI is InChI=1S/C15H12N6/c1-20-14(10-18)12(8-16)6-4-3-5-7-13(9-17)15(11-19)21-2/h3-7,16H,1-2H3/b5-3?,6-4?,13-7+,20-14?,21-15?. The molecule has 6 nitrogen and oxygen atoms in total. The zero-order valence-electron chi connectivity index (χ0n) is 11.6. The Morgan fingerprint density at radius 3 is 1.95 bits per heavy atom. The molecule has 6 heteroatoms. The second-order valence-electron chi connectivity index (χ2n) is 3.34. The molecule has 0 aliphatic carbocycles. The van der Waals surface area contributed by atoms with Gasteiger partial charge in [0.25, 0.3) is 0 Å². The van der Waals surface area contributed by atoms with E-state index in [0.717, 1.165) is 0 Å². The Morgan fingerprint density at radius 2 is 1.52 bits per heavy atom. The predicted octanol–water partition coefficient (Wildman–Crippen LogP) is 1.91. The molecule has 0 aromatic carbocycles. The van der Waals surface area contributed by atoms with Crippen LogP contribution >= 0.6 is 0 Å². The molecule has 0 saturated carbocycles. The van der Waals surface area contributed by atoms with E-state index in [2.05, 4.69) is 15.9 Å². The lowest BCUT2D eigenvalue weighted by atomic mass is 10.1. The molecular formula is C15H12N6. The maximum Gasteiger partial charge on any atom is 0.152 e. The van der Waals surface area contributed by atoms with Crippen molar-refractivity contribution in [2.24, 2.45) is 9.98 Å². The van der Waals surface area contributed by atoms with Crippen LogP contribution in [0.1, 0.15) is 0 Å². The highest BCUT2D eigenvalue weighted by atomic mass is 14.7. The smallest absolute Gasteiger partial charge is 0.152 e. The molecule has 0 aliphatic heterocycles. The van der Waals surface area contributed by atoms with Gasteiger partial charge in [-0.25, -0.2) is 0 Å². The molecule has 0 aromatic heterocycles. The van der Waals surface area contributed by atoms with Gasteiger partial charge in [0.05, 0.1) is 11.1 Å². The minimum atomic E-state index is 0.0519. The molecule has 21 heavy (non-hydrogen) atoms. The first-order chi connectivity index (χ1) is 10.2. The molecular weight excluding hydrogens is 264 g/mol. The van der Waals surface area contributed by atoms with Gasteiger partial charge in [-0.3, -0.25) is 15.4 Å². The Hall–Kier alpha value is -3.52. The fourth-order valence-electron chi connectivity index (χ4n) is 1.18. The zero-order valence-corrected chi connectivity index (χ0v) is 11.6. The SMILES string of the molecule is CN=C(C#N)C(=C=N)C=CC=C/C=C(\C#N)C(C#N)=NC. The summed E-state index contributed by atoms with van der Waals surface area (Å²) in [5, 5.41) is 33.5. The van der Waals surface area contributed by atoms with E-state index in [4.69, 9.17) is 21.2 Å². The summed E-state index contributed by atoms with van der Waals surface area (Å²) in [7, 11) is 2.89. The van der Waals surface area contributed by atoms with E-state index in [9.17, 15) is 0 Å². The van der Waals surface area contributed by atoms with Gasteiger partial charge in [0.2, 0.25) is 0 Å². The van der Waals surface area contributed by atoms with Gasteiger partial charge in [-0.05, 0) is 18.0 Å². The van der Waals surface area contributed by atoms with Gasteiger partial charge in [0.1, 0.15) is 18.2 Å². The number of hydrogen-bond donors (Lipinski definition) is 1. The van der Waals surface area contributed by atoms with Crippen LogP contribution in [-0.2, 0) is 0 Å². The van der Waals surface area contributed by atoms with E-state index in [1.165, 1.54) is 26.2 Å². The average Bonchev–Trinajstić information content (AvgIpc) is 2.52. The van der Waals surface area contributed by atoms with Crippen molar-refractivity contribution in [1.29, 1.82) is 21.2 Å². The second kappa shape index (κ2) is 10.4. The van der Waals surface area contributed by atoms with Gasteiger partial charge in [-0.1, -0.05) is 18.2 Å². The maximum atomic E-state index is 8.89. The second-order valence-corrected chi connectivity index (χ2v) is 3.34. The summed E-state index contributed by atoms with van der Waals surface area (Å²) in [5.74, 6) is 2.11. The van der Waals surface area contributed by atoms with Crippen molar-refractivity contribution in [3.8, 4) is 18.2 Å². The first-order valence-corrected chi connectivity index (χ1v) is 5.67. The normalized spacial score (nSPS) is 12.6. The van der Waals surface area contributed by atoms with E-state index in [-0.39, 0.29) is 22.6 Å². The topological polar surface area (TPSA) is 120 Å². The third-order valence-corrected chi connectivity index (χ3v) is 2.17. The summed E-state index contributed by atoms with van der Waals surface area (Å²) >= 11 is 0. The molecule has 0 spiro atoms. The first-order valence-electron chi connectivity index (χ1n) is 5.67. The van der Waals surface area contributed by atoms with Crippen LogP contribution < -0.4 is 0 Å². The molecule has 0 amide bonds. The van der Waals surface area contributed by atoms with Crippen LogP contribution in [0, 0.1) is 39.4 Å². The lowest BCUT2D eigenvalue weighted by Gasteiger charge is -1.91. The number of aliphatic imine (C=N–C) groups is 2. The molecule has 1 N–H and O–H groups in total. The number of nitrogens with zero attached hydrogens (tertiary/aromatic N) is 5. The number of allylic oxidation sites excluding steroid dienone is 7. The molecule has 0 heterocycles. The minimum absolute atomic E-state index is 0.0519. The molecule has 0 atom stereocenters. The molecule has 0 radical (unpaired) electrons. The van der Waals surface area contributed by atoms with Crippen molar-refractivity contribution >= 4 is 17.3 Å². The van der Waals surface area contributed by atoms with Crippen molar-refractivity contribution in [3.05, 3.63) is 41.5 Å². The van der Waals surface area contributed by atoms with Gasteiger partial charge in [0, 0.05) is 14.1 Å². The Balaban J connectivity index is 5.09. The number of nitrogens with one attached hydrogen (secondary N) is 1. The predicted molar refractivity (Wildman–Crippen MR) is 81.2 cm³/mol. The molecule has 0 bridgehead atoms. The quantitative estimate of drug-likeness (QED) is 0.469. The summed E-state index contributed by atoms with van der Waals surface area (Å²) in [6, 6.07) is 5.54. The van der Waals surface area contributed by atoms with E-state index < -0.39 is 0 Å². The molecule has 0 rings (SSSR count). The zero-order chi connectivity index (χ0) is 16.1. The Kier molecular flexibility index (Phi) is 8.66. The number of hydrogen-bond acceptors (Lipinski definition) is 6. The Labute approximate surface area is 123 Å². The minimum Gasteiger partial charge on any atom is -0.277 e. The third-order valence-electron chi connectivity index (χ3n) is 2.17. The van der Waals surface area contributed by atoms with Crippen LogP contribution in [0.2, 0.25) is 0 Å². The van der Waals surface area contributed by atoms with E-state index in [1.807, 2.05) is 18.2 Å². The monoisotopic (exact) mass is 276 g/mol. The number of rotatable bonds is 5. The van der Waals surface area contributed by atoms with Crippen molar-refractivity contribution in [2.45, 2.75) is 0 Å². The summed E-state index contributed by atoms with van der Waals surface area (Å²) < 4.78 is 0. The number of nitriles is 3. The fourth-order valence-corrected chi connectivity index (χ4v) is 1.18. The average molecular weight is 276 g/mol. The molecule has 0 saturated heterocycles. The summed E-state index contributed by atoms with van der Waals surface area (Å²) in [4.78, 5) is 7.40. The van der Waals surface area contributed by atoms with Crippen LogP contribution in [0.4, 0.5) is 0 Å². The van der Waals surface area contributed by atoms with E-state index in [0.29, 0.717) is 0 Å². The molecule has 0 aromatic rings. The third kappa shape index (κ3) is 5.77. The fraction of sp³-hybridized carbons (Fsp3) is 0.133.